The summed E-state index contributed by atoms with van der Waals surface area (Å²) in [5.41, 5.74) is 3.02. The Labute approximate surface area is 105 Å². The number of rotatable bonds is 1. The number of carbonyl (C=O) groups excluding carboxylic acids is 1. The molecule has 0 aliphatic carbocycles. The summed E-state index contributed by atoms with van der Waals surface area (Å²) in [4.78, 5) is 14.2. The average Bonchev–Trinajstić information content (AvgIpc) is 2.75. The summed E-state index contributed by atoms with van der Waals surface area (Å²) in [6.45, 7) is 5.83. The number of benzene rings is 1. The van der Waals surface area contributed by atoms with Crippen molar-refractivity contribution in [2.75, 3.05) is 13.1 Å². The molecule has 0 saturated carbocycles. The van der Waals surface area contributed by atoms with Gasteiger partial charge in [0.05, 0.1) is 0 Å². The molecule has 86 valence electrons. The van der Waals surface area contributed by atoms with E-state index in [1.807, 2.05) is 30.9 Å². The number of aryl methyl sites for hydroxylation is 2. The van der Waals surface area contributed by atoms with Gasteiger partial charge in [-0.2, -0.15) is 0 Å². The highest BCUT2D eigenvalue weighted by Crippen LogP contribution is 2.23. The second-order valence-corrected chi connectivity index (χ2v) is 5.27. The molecule has 1 aromatic rings. The van der Waals surface area contributed by atoms with E-state index in [1.165, 1.54) is 0 Å². The molecule has 0 N–H and O–H groups in total. The number of amides is 1. The van der Waals surface area contributed by atoms with Crippen molar-refractivity contribution < 1.29 is 4.79 Å². The van der Waals surface area contributed by atoms with Gasteiger partial charge < -0.3 is 4.90 Å². The van der Waals surface area contributed by atoms with Crippen LogP contribution in [0.2, 0.25) is 0 Å². The van der Waals surface area contributed by atoms with Crippen LogP contribution in [0.15, 0.2) is 16.6 Å². The molecule has 1 aromatic carbocycles. The number of hydrogen-bond acceptors (Lipinski definition) is 1. The fourth-order valence-corrected chi connectivity index (χ4v) is 2.56. The van der Waals surface area contributed by atoms with Gasteiger partial charge in [0.25, 0.3) is 5.91 Å². The zero-order chi connectivity index (χ0) is 11.7. The maximum absolute atomic E-state index is 12.2. The van der Waals surface area contributed by atoms with E-state index in [1.54, 1.807) is 0 Å². The first-order valence-corrected chi connectivity index (χ1v) is 6.45. The number of likely N-dealkylation sites (tertiary alicyclic amines) is 1. The van der Waals surface area contributed by atoms with Crippen LogP contribution in [-0.2, 0) is 0 Å². The summed E-state index contributed by atoms with van der Waals surface area (Å²) in [6.07, 6.45) is 2.28. The Morgan fingerprint density at radius 3 is 2.44 bits per heavy atom. The van der Waals surface area contributed by atoms with Gasteiger partial charge in [-0.05, 0) is 49.9 Å². The van der Waals surface area contributed by atoms with Crippen LogP contribution >= 0.6 is 15.9 Å². The fraction of sp³-hybridized carbons (Fsp3) is 0.462. The van der Waals surface area contributed by atoms with Crippen LogP contribution in [0.5, 0.6) is 0 Å². The number of carbonyl (C=O) groups is 1. The lowest BCUT2D eigenvalue weighted by atomic mass is 10.0. The third kappa shape index (κ3) is 2.14. The molecule has 1 aliphatic rings. The summed E-state index contributed by atoms with van der Waals surface area (Å²) in [7, 11) is 0. The molecule has 0 unspecified atom stereocenters. The Bertz CT molecular complexity index is 422. The molecular weight excluding hydrogens is 266 g/mol. The van der Waals surface area contributed by atoms with Crippen molar-refractivity contribution in [2.24, 2.45) is 0 Å². The van der Waals surface area contributed by atoms with Gasteiger partial charge in [0, 0.05) is 23.1 Å². The van der Waals surface area contributed by atoms with E-state index >= 15 is 0 Å². The molecule has 1 aliphatic heterocycles. The van der Waals surface area contributed by atoms with Crippen molar-refractivity contribution in [1.29, 1.82) is 0 Å². The molecule has 0 spiro atoms. The largest absolute Gasteiger partial charge is 0.339 e. The quantitative estimate of drug-likeness (QED) is 0.774. The van der Waals surface area contributed by atoms with Gasteiger partial charge in [0.1, 0.15) is 0 Å². The summed E-state index contributed by atoms with van der Waals surface area (Å²) in [5.74, 6) is 0.186. The lowest BCUT2D eigenvalue weighted by Gasteiger charge is -2.17. The van der Waals surface area contributed by atoms with E-state index in [9.17, 15) is 4.79 Å². The molecule has 1 amide bonds. The van der Waals surface area contributed by atoms with Crippen LogP contribution < -0.4 is 0 Å². The molecular formula is C13H16BrNO. The number of nitrogens with zero attached hydrogens (tertiary/aromatic N) is 1. The zero-order valence-corrected chi connectivity index (χ0v) is 11.3. The monoisotopic (exact) mass is 281 g/mol. The minimum Gasteiger partial charge on any atom is -0.339 e. The van der Waals surface area contributed by atoms with Crippen LogP contribution in [0.25, 0.3) is 0 Å². The van der Waals surface area contributed by atoms with Crippen molar-refractivity contribution >= 4 is 21.8 Å². The third-order valence-electron chi connectivity index (χ3n) is 3.13. The van der Waals surface area contributed by atoms with Gasteiger partial charge in [-0.25, -0.2) is 0 Å². The van der Waals surface area contributed by atoms with Gasteiger partial charge >= 0.3 is 0 Å². The van der Waals surface area contributed by atoms with Gasteiger partial charge in [0.2, 0.25) is 0 Å². The maximum atomic E-state index is 12.2. The van der Waals surface area contributed by atoms with Crippen LogP contribution in [0.4, 0.5) is 0 Å². The van der Waals surface area contributed by atoms with Crippen LogP contribution in [0.3, 0.4) is 0 Å². The summed E-state index contributed by atoms with van der Waals surface area (Å²) in [5, 5.41) is 0. The number of hydrogen-bond donors (Lipinski definition) is 0. The fourth-order valence-electron chi connectivity index (χ4n) is 2.10. The molecule has 2 rings (SSSR count). The van der Waals surface area contributed by atoms with Crippen LogP contribution in [0, 0.1) is 13.8 Å². The predicted octanol–water partition coefficient (Wildman–Crippen LogP) is 3.30. The van der Waals surface area contributed by atoms with Crippen molar-refractivity contribution in [2.45, 2.75) is 26.7 Å². The Kier molecular flexibility index (Phi) is 3.33. The Morgan fingerprint density at radius 2 is 1.81 bits per heavy atom. The number of halogens is 1. The zero-order valence-electron chi connectivity index (χ0n) is 9.72. The normalized spacial score (nSPS) is 15.6. The van der Waals surface area contributed by atoms with Gasteiger partial charge in [0.15, 0.2) is 0 Å². The van der Waals surface area contributed by atoms with Crippen LogP contribution in [0.1, 0.15) is 34.3 Å². The van der Waals surface area contributed by atoms with Crippen molar-refractivity contribution in [3.8, 4) is 0 Å². The Morgan fingerprint density at radius 1 is 1.19 bits per heavy atom. The van der Waals surface area contributed by atoms with Crippen molar-refractivity contribution in [1.82, 2.24) is 4.90 Å². The molecule has 3 heteroatoms. The molecule has 1 heterocycles. The second kappa shape index (κ2) is 4.58. The average molecular weight is 282 g/mol. The molecule has 0 aromatic heterocycles. The highest BCUT2D eigenvalue weighted by Gasteiger charge is 2.21. The molecule has 2 nitrogen and oxygen atoms in total. The van der Waals surface area contributed by atoms with E-state index in [0.29, 0.717) is 0 Å². The summed E-state index contributed by atoms with van der Waals surface area (Å²) < 4.78 is 1.07. The van der Waals surface area contributed by atoms with Crippen LogP contribution in [-0.4, -0.2) is 23.9 Å². The van der Waals surface area contributed by atoms with E-state index in [4.69, 9.17) is 0 Å². The smallest absolute Gasteiger partial charge is 0.254 e. The third-order valence-corrected chi connectivity index (χ3v) is 3.98. The highest BCUT2D eigenvalue weighted by molar-refractivity contribution is 9.10. The molecule has 0 bridgehead atoms. The SMILES string of the molecule is Cc1cc(C(=O)N2CCCC2)c(C)cc1Br. The van der Waals surface area contributed by atoms with Gasteiger partial charge in [-0.1, -0.05) is 15.9 Å². The molecule has 1 saturated heterocycles. The standard InChI is InChI=1S/C13H16BrNO/c1-9-8-12(14)10(2)7-11(9)13(16)15-5-3-4-6-15/h7-8H,3-6H2,1-2H3. The lowest BCUT2D eigenvalue weighted by molar-refractivity contribution is 0.0792. The van der Waals surface area contributed by atoms with E-state index in [-0.39, 0.29) is 5.91 Å². The summed E-state index contributed by atoms with van der Waals surface area (Å²) in [6, 6.07) is 4.01. The second-order valence-electron chi connectivity index (χ2n) is 4.42. The minimum absolute atomic E-state index is 0.186. The summed E-state index contributed by atoms with van der Waals surface area (Å²) >= 11 is 3.49. The Hall–Kier alpha value is -0.830. The topological polar surface area (TPSA) is 20.3 Å². The first kappa shape index (κ1) is 11.6. The molecule has 16 heavy (non-hydrogen) atoms. The van der Waals surface area contributed by atoms with E-state index < -0.39 is 0 Å². The van der Waals surface area contributed by atoms with E-state index in [0.717, 1.165) is 47.1 Å². The predicted molar refractivity (Wildman–Crippen MR) is 68.8 cm³/mol. The first-order valence-electron chi connectivity index (χ1n) is 5.65. The Balaban J connectivity index is 2.32. The van der Waals surface area contributed by atoms with Gasteiger partial charge in [-0.3, -0.25) is 4.79 Å². The van der Waals surface area contributed by atoms with Crippen molar-refractivity contribution in [3.63, 3.8) is 0 Å². The molecule has 1 fully saturated rings. The molecule has 0 atom stereocenters. The lowest BCUT2D eigenvalue weighted by Crippen LogP contribution is -2.28. The first-order chi connectivity index (χ1) is 7.59. The van der Waals surface area contributed by atoms with Crippen molar-refractivity contribution in [3.05, 3.63) is 33.3 Å². The highest BCUT2D eigenvalue weighted by atomic mass is 79.9. The van der Waals surface area contributed by atoms with Gasteiger partial charge in [-0.15, -0.1) is 0 Å². The minimum atomic E-state index is 0.186. The van der Waals surface area contributed by atoms with E-state index in [2.05, 4.69) is 15.9 Å². The maximum Gasteiger partial charge on any atom is 0.254 e. The molecule has 0 radical (unpaired) electrons.